The van der Waals surface area contributed by atoms with Crippen molar-refractivity contribution in [1.29, 1.82) is 0 Å². The molecule has 1 aliphatic rings. The Kier molecular flexibility index (Phi) is 6.56. The van der Waals surface area contributed by atoms with E-state index in [1.807, 2.05) is 25.1 Å². The molecule has 1 aromatic carbocycles. The molecular weight excluding hydrogens is 418 g/mol. The number of nitrogens with one attached hydrogen (secondary N) is 2. The first-order valence-electron chi connectivity index (χ1n) is 11.5. The fraction of sp³-hybridized carbons (Fsp3) is 0.520. The summed E-state index contributed by atoms with van der Waals surface area (Å²) in [7, 11) is 0. The smallest absolute Gasteiger partial charge is 0.228 e. The highest BCUT2D eigenvalue weighted by molar-refractivity contribution is 7.80. The second kappa shape index (κ2) is 9.22. The molecule has 0 aliphatic heterocycles. The van der Waals surface area contributed by atoms with Crippen molar-refractivity contribution in [3.05, 3.63) is 52.8 Å². The van der Waals surface area contributed by atoms with E-state index in [4.69, 9.17) is 17.6 Å². The van der Waals surface area contributed by atoms with Gasteiger partial charge in [0, 0.05) is 28.3 Å². The fourth-order valence-electron chi connectivity index (χ4n) is 4.45. The quantitative estimate of drug-likeness (QED) is 0.351. The van der Waals surface area contributed by atoms with E-state index in [1.165, 1.54) is 19.3 Å². The molecule has 2 N–H and O–H groups in total. The number of hydrogen-bond acceptors (Lipinski definition) is 5. The van der Waals surface area contributed by atoms with Crippen LogP contribution in [0.3, 0.4) is 0 Å². The predicted molar refractivity (Wildman–Crippen MR) is 131 cm³/mol. The number of benzene rings is 1. The highest BCUT2D eigenvalue weighted by atomic mass is 32.1. The number of fused-ring (bicyclic) bond motifs is 1. The number of carbonyl (C=O) groups excluding carboxylic acids is 1. The summed E-state index contributed by atoms with van der Waals surface area (Å²) in [6.45, 7) is 8.47. The first-order chi connectivity index (χ1) is 15.2. The molecule has 2 aromatic heterocycles. The zero-order valence-corrected chi connectivity index (χ0v) is 20.2. The zero-order valence-electron chi connectivity index (χ0n) is 19.4. The van der Waals surface area contributed by atoms with Crippen molar-refractivity contribution in [2.45, 2.75) is 82.4 Å². The number of thiol groups is 1. The molecule has 0 bridgehead atoms. The third kappa shape index (κ3) is 4.82. The maximum absolute atomic E-state index is 13.1. The van der Waals surface area contributed by atoms with Crippen LogP contribution in [0.2, 0.25) is 0 Å². The molecule has 1 saturated carbocycles. The minimum atomic E-state index is -0.404. The van der Waals surface area contributed by atoms with Gasteiger partial charge in [-0.2, -0.15) is 15.4 Å². The van der Waals surface area contributed by atoms with E-state index in [0.717, 1.165) is 46.4 Å². The SMILES string of the molecule is CC(C(=O)NC(S)c1ccc(C(C)(C)C)nc1C1CCCCC1)c1ccc2n[nH]nc2c1. The van der Waals surface area contributed by atoms with E-state index in [0.29, 0.717) is 5.92 Å². The fourth-order valence-corrected chi connectivity index (χ4v) is 4.80. The van der Waals surface area contributed by atoms with Gasteiger partial charge in [-0.05, 0) is 43.5 Å². The molecule has 2 unspecified atom stereocenters. The second-order valence-corrected chi connectivity index (χ2v) is 10.5. The maximum atomic E-state index is 13.1. The Morgan fingerprint density at radius 3 is 2.53 bits per heavy atom. The normalized spacial score (nSPS) is 17.3. The third-order valence-corrected chi connectivity index (χ3v) is 6.93. The predicted octanol–water partition coefficient (Wildman–Crippen LogP) is 5.55. The standard InChI is InChI=1S/C25H33N5OS/c1-15(17-10-12-19-20(14-17)29-30-28-19)23(31)27-24(32)18-11-13-21(25(2,3)4)26-22(18)16-8-6-5-7-9-16/h10-16,24,32H,5-9H2,1-4H3,(H,27,31)(H,28,29,30). The van der Waals surface area contributed by atoms with Gasteiger partial charge in [-0.25, -0.2) is 0 Å². The summed E-state index contributed by atoms with van der Waals surface area (Å²) in [6, 6.07) is 9.91. The average molecular weight is 452 g/mol. The number of hydrogen-bond donors (Lipinski definition) is 3. The monoisotopic (exact) mass is 451 g/mol. The van der Waals surface area contributed by atoms with Crippen molar-refractivity contribution >= 4 is 29.6 Å². The summed E-state index contributed by atoms with van der Waals surface area (Å²) in [5.41, 5.74) is 5.63. The third-order valence-electron chi connectivity index (χ3n) is 6.52. The molecule has 6 nitrogen and oxygen atoms in total. The van der Waals surface area contributed by atoms with Crippen LogP contribution in [0.4, 0.5) is 0 Å². The molecule has 170 valence electrons. The van der Waals surface area contributed by atoms with Gasteiger partial charge < -0.3 is 5.32 Å². The minimum absolute atomic E-state index is 0.0223. The summed E-state index contributed by atoms with van der Waals surface area (Å²) in [6.07, 6.45) is 6.05. The summed E-state index contributed by atoms with van der Waals surface area (Å²) < 4.78 is 0. The lowest BCUT2D eigenvalue weighted by Gasteiger charge is -2.28. The van der Waals surface area contributed by atoms with Gasteiger partial charge in [-0.15, -0.1) is 12.6 Å². The van der Waals surface area contributed by atoms with Crippen LogP contribution in [0.1, 0.15) is 99.5 Å². The average Bonchev–Trinajstić information content (AvgIpc) is 3.26. The van der Waals surface area contributed by atoms with Gasteiger partial charge >= 0.3 is 0 Å². The van der Waals surface area contributed by atoms with Crippen LogP contribution in [0.15, 0.2) is 30.3 Å². The Hall–Kier alpha value is -2.41. The lowest BCUT2D eigenvalue weighted by molar-refractivity contribution is -0.122. The van der Waals surface area contributed by atoms with Crippen LogP contribution in [-0.2, 0) is 10.2 Å². The van der Waals surface area contributed by atoms with Gasteiger partial charge in [-0.3, -0.25) is 9.78 Å². The topological polar surface area (TPSA) is 83.6 Å². The minimum Gasteiger partial charge on any atom is -0.340 e. The van der Waals surface area contributed by atoms with E-state index >= 15 is 0 Å². The molecule has 3 aromatic rings. The Labute approximate surface area is 195 Å². The number of amides is 1. The van der Waals surface area contributed by atoms with Crippen LogP contribution >= 0.6 is 12.6 Å². The Bertz CT molecular complexity index is 1100. The van der Waals surface area contributed by atoms with E-state index in [1.54, 1.807) is 0 Å². The van der Waals surface area contributed by atoms with Crippen LogP contribution in [0.25, 0.3) is 11.0 Å². The highest BCUT2D eigenvalue weighted by Gasteiger charge is 2.27. The van der Waals surface area contributed by atoms with E-state index in [-0.39, 0.29) is 17.2 Å². The zero-order chi connectivity index (χ0) is 22.9. The Balaban J connectivity index is 1.57. The van der Waals surface area contributed by atoms with Crippen molar-refractivity contribution in [1.82, 2.24) is 25.7 Å². The molecule has 32 heavy (non-hydrogen) atoms. The summed E-state index contributed by atoms with van der Waals surface area (Å²) in [5, 5.41) is 13.5. The van der Waals surface area contributed by atoms with E-state index < -0.39 is 5.37 Å². The van der Waals surface area contributed by atoms with E-state index in [2.05, 4.69) is 53.6 Å². The van der Waals surface area contributed by atoms with Crippen molar-refractivity contribution < 1.29 is 4.79 Å². The van der Waals surface area contributed by atoms with Crippen molar-refractivity contribution in [2.24, 2.45) is 0 Å². The lowest BCUT2D eigenvalue weighted by atomic mass is 9.83. The molecule has 0 spiro atoms. The van der Waals surface area contributed by atoms with Crippen LogP contribution in [0, 0.1) is 0 Å². The first-order valence-corrected chi connectivity index (χ1v) is 12.1. The van der Waals surface area contributed by atoms with Crippen LogP contribution in [-0.4, -0.2) is 26.3 Å². The van der Waals surface area contributed by atoms with Crippen molar-refractivity contribution in [2.75, 3.05) is 0 Å². The molecule has 7 heteroatoms. The molecule has 1 fully saturated rings. The number of rotatable bonds is 5. The summed E-state index contributed by atoms with van der Waals surface area (Å²) >= 11 is 4.81. The number of pyridine rings is 1. The number of nitrogens with zero attached hydrogens (tertiary/aromatic N) is 3. The van der Waals surface area contributed by atoms with Crippen molar-refractivity contribution in [3.8, 4) is 0 Å². The van der Waals surface area contributed by atoms with Gasteiger partial charge in [0.2, 0.25) is 5.91 Å². The van der Waals surface area contributed by atoms with Crippen LogP contribution < -0.4 is 5.32 Å². The number of aromatic nitrogens is 4. The molecule has 4 rings (SSSR count). The summed E-state index contributed by atoms with van der Waals surface area (Å²) in [4.78, 5) is 18.2. The Morgan fingerprint density at radius 2 is 1.81 bits per heavy atom. The Morgan fingerprint density at radius 1 is 1.09 bits per heavy atom. The molecule has 2 atom stereocenters. The molecule has 0 radical (unpaired) electrons. The largest absolute Gasteiger partial charge is 0.340 e. The van der Waals surface area contributed by atoms with E-state index in [9.17, 15) is 4.79 Å². The van der Waals surface area contributed by atoms with Gasteiger partial charge in [0.25, 0.3) is 0 Å². The lowest BCUT2D eigenvalue weighted by Crippen LogP contribution is -2.31. The first kappa shape index (κ1) is 22.8. The number of carbonyl (C=O) groups is 1. The second-order valence-electron chi connectivity index (χ2n) is 9.96. The van der Waals surface area contributed by atoms with Gasteiger partial charge in [0.1, 0.15) is 11.0 Å². The molecule has 1 aliphatic carbocycles. The molecular formula is C25H33N5OS. The molecule has 1 amide bonds. The van der Waals surface area contributed by atoms with Gasteiger partial charge in [0.05, 0.1) is 11.3 Å². The van der Waals surface area contributed by atoms with Gasteiger partial charge in [0.15, 0.2) is 0 Å². The number of aromatic amines is 1. The molecule has 0 saturated heterocycles. The van der Waals surface area contributed by atoms with Crippen LogP contribution in [0.5, 0.6) is 0 Å². The maximum Gasteiger partial charge on any atom is 0.228 e. The highest BCUT2D eigenvalue weighted by Crippen LogP contribution is 2.37. The molecule has 2 heterocycles. The van der Waals surface area contributed by atoms with Crippen molar-refractivity contribution in [3.63, 3.8) is 0 Å². The van der Waals surface area contributed by atoms with Gasteiger partial charge in [-0.1, -0.05) is 52.2 Å². The number of H-pyrrole nitrogens is 1. The summed E-state index contributed by atoms with van der Waals surface area (Å²) in [5.74, 6) is 0.0348.